The minimum Gasteiger partial charge on any atom is -0.366 e. The molecule has 21 heavy (non-hydrogen) atoms. The first kappa shape index (κ1) is 15.5. The van der Waals surface area contributed by atoms with Crippen molar-refractivity contribution in [1.29, 1.82) is 0 Å². The van der Waals surface area contributed by atoms with Gasteiger partial charge in [0, 0.05) is 28.3 Å². The molecular formula is C16H15IN2O2. The third-order valence-electron chi connectivity index (χ3n) is 3.10. The second-order valence-corrected chi connectivity index (χ2v) is 5.97. The van der Waals surface area contributed by atoms with Gasteiger partial charge in [0.2, 0.25) is 5.91 Å². The minimum atomic E-state index is -0.454. The molecule has 0 fully saturated rings. The molecule has 0 saturated heterocycles. The Morgan fingerprint density at radius 2 is 1.52 bits per heavy atom. The third-order valence-corrected chi connectivity index (χ3v) is 3.82. The normalized spacial score (nSPS) is 10.2. The molecule has 2 aromatic rings. The van der Waals surface area contributed by atoms with E-state index in [1.165, 1.54) is 0 Å². The van der Waals surface area contributed by atoms with Crippen LogP contribution in [0.5, 0.6) is 0 Å². The van der Waals surface area contributed by atoms with E-state index in [0.29, 0.717) is 17.7 Å². The van der Waals surface area contributed by atoms with Gasteiger partial charge in [0.15, 0.2) is 0 Å². The van der Waals surface area contributed by atoms with Gasteiger partial charge < -0.3 is 10.6 Å². The zero-order valence-corrected chi connectivity index (χ0v) is 13.7. The van der Waals surface area contributed by atoms with Crippen molar-refractivity contribution < 1.29 is 9.59 Å². The van der Waals surface area contributed by atoms with Crippen LogP contribution in [0.4, 0.5) is 0 Å². The lowest BCUT2D eigenvalue weighted by molar-refractivity contribution is 0.0784. The second kappa shape index (κ2) is 6.71. The predicted octanol–water partition coefficient (Wildman–Crippen LogP) is 2.66. The Bertz CT molecular complexity index is 651. The molecular weight excluding hydrogens is 379 g/mol. The van der Waals surface area contributed by atoms with Gasteiger partial charge >= 0.3 is 0 Å². The van der Waals surface area contributed by atoms with Crippen LogP contribution in [0.25, 0.3) is 0 Å². The van der Waals surface area contributed by atoms with Crippen LogP contribution < -0.4 is 5.73 Å². The SMILES string of the molecule is CN(Cc1ccc(C(N)=O)cc1)C(=O)c1ccc(I)cc1. The van der Waals surface area contributed by atoms with E-state index in [0.717, 1.165) is 9.13 Å². The first-order valence-corrected chi connectivity index (χ1v) is 7.45. The lowest BCUT2D eigenvalue weighted by atomic mass is 10.1. The van der Waals surface area contributed by atoms with E-state index in [1.807, 2.05) is 24.3 Å². The molecule has 0 radical (unpaired) electrons. The average Bonchev–Trinajstić information content (AvgIpc) is 2.47. The molecule has 0 aliphatic carbocycles. The molecule has 0 heterocycles. The molecule has 0 aromatic heterocycles. The maximum Gasteiger partial charge on any atom is 0.253 e. The molecule has 0 aliphatic heterocycles. The Kier molecular flexibility index (Phi) is 4.95. The van der Waals surface area contributed by atoms with Crippen molar-refractivity contribution in [1.82, 2.24) is 4.90 Å². The summed E-state index contributed by atoms with van der Waals surface area (Å²) in [5, 5.41) is 0. The van der Waals surface area contributed by atoms with Gasteiger partial charge in [0.1, 0.15) is 0 Å². The second-order valence-electron chi connectivity index (χ2n) is 4.73. The van der Waals surface area contributed by atoms with Crippen molar-refractivity contribution in [3.8, 4) is 0 Å². The van der Waals surface area contributed by atoms with Crippen LogP contribution in [-0.4, -0.2) is 23.8 Å². The highest BCUT2D eigenvalue weighted by atomic mass is 127. The lowest BCUT2D eigenvalue weighted by Crippen LogP contribution is -2.26. The molecule has 0 atom stereocenters. The molecule has 0 aliphatic rings. The Labute approximate surface area is 137 Å². The summed E-state index contributed by atoms with van der Waals surface area (Å²) in [4.78, 5) is 24.9. The summed E-state index contributed by atoms with van der Waals surface area (Å²) in [5.41, 5.74) is 7.27. The van der Waals surface area contributed by atoms with E-state index < -0.39 is 5.91 Å². The van der Waals surface area contributed by atoms with Crippen LogP contribution in [0.3, 0.4) is 0 Å². The minimum absolute atomic E-state index is 0.0367. The van der Waals surface area contributed by atoms with Gasteiger partial charge in [0.05, 0.1) is 0 Å². The van der Waals surface area contributed by atoms with Crippen molar-refractivity contribution in [3.63, 3.8) is 0 Å². The molecule has 0 saturated carbocycles. The number of rotatable bonds is 4. The summed E-state index contributed by atoms with van der Waals surface area (Å²) in [6.45, 7) is 0.476. The smallest absolute Gasteiger partial charge is 0.253 e. The summed E-state index contributed by atoms with van der Waals surface area (Å²) in [5.74, 6) is -0.491. The third kappa shape index (κ3) is 4.04. The highest BCUT2D eigenvalue weighted by molar-refractivity contribution is 14.1. The van der Waals surface area contributed by atoms with E-state index in [-0.39, 0.29) is 5.91 Å². The molecule has 0 bridgehead atoms. The summed E-state index contributed by atoms with van der Waals surface area (Å²) >= 11 is 2.20. The predicted molar refractivity (Wildman–Crippen MR) is 89.9 cm³/mol. The van der Waals surface area contributed by atoms with Crippen LogP contribution in [0.2, 0.25) is 0 Å². The van der Waals surface area contributed by atoms with Crippen LogP contribution in [0, 0.1) is 3.57 Å². The number of halogens is 1. The lowest BCUT2D eigenvalue weighted by Gasteiger charge is -2.17. The fourth-order valence-corrected chi connectivity index (χ4v) is 2.29. The first-order chi connectivity index (χ1) is 9.97. The number of benzene rings is 2. The van der Waals surface area contributed by atoms with Crippen molar-refractivity contribution >= 4 is 34.4 Å². The molecule has 0 unspecified atom stereocenters. The maximum absolute atomic E-state index is 12.3. The van der Waals surface area contributed by atoms with Gasteiger partial charge in [-0.1, -0.05) is 12.1 Å². The first-order valence-electron chi connectivity index (χ1n) is 6.37. The Hall–Kier alpha value is -1.89. The number of hydrogen-bond acceptors (Lipinski definition) is 2. The van der Waals surface area contributed by atoms with Crippen molar-refractivity contribution in [3.05, 3.63) is 68.8 Å². The quantitative estimate of drug-likeness (QED) is 0.811. The largest absolute Gasteiger partial charge is 0.366 e. The van der Waals surface area contributed by atoms with Crippen molar-refractivity contribution in [2.75, 3.05) is 7.05 Å². The Morgan fingerprint density at radius 3 is 2.05 bits per heavy atom. The fraction of sp³-hybridized carbons (Fsp3) is 0.125. The summed E-state index contributed by atoms with van der Waals surface area (Å²) in [6.07, 6.45) is 0. The van der Waals surface area contributed by atoms with Gasteiger partial charge in [-0.05, 0) is 64.6 Å². The van der Waals surface area contributed by atoms with E-state index in [1.54, 1.807) is 36.2 Å². The van der Waals surface area contributed by atoms with Crippen LogP contribution >= 0.6 is 22.6 Å². The van der Waals surface area contributed by atoms with Gasteiger partial charge in [-0.25, -0.2) is 0 Å². The summed E-state index contributed by atoms with van der Waals surface area (Å²) < 4.78 is 1.09. The molecule has 108 valence electrons. The van der Waals surface area contributed by atoms with E-state index >= 15 is 0 Å². The molecule has 5 heteroatoms. The average molecular weight is 394 g/mol. The van der Waals surface area contributed by atoms with Crippen LogP contribution in [0.1, 0.15) is 26.3 Å². The van der Waals surface area contributed by atoms with E-state index in [9.17, 15) is 9.59 Å². The Balaban J connectivity index is 2.06. The fourth-order valence-electron chi connectivity index (χ4n) is 1.93. The topological polar surface area (TPSA) is 63.4 Å². The number of carbonyl (C=O) groups excluding carboxylic acids is 2. The zero-order chi connectivity index (χ0) is 15.4. The summed E-state index contributed by atoms with van der Waals surface area (Å²) in [6, 6.07) is 14.4. The number of nitrogens with two attached hydrogens (primary N) is 1. The van der Waals surface area contributed by atoms with Gasteiger partial charge in [0.25, 0.3) is 5.91 Å². The molecule has 4 nitrogen and oxygen atoms in total. The summed E-state index contributed by atoms with van der Waals surface area (Å²) in [7, 11) is 1.75. The van der Waals surface area contributed by atoms with Crippen molar-refractivity contribution in [2.45, 2.75) is 6.54 Å². The van der Waals surface area contributed by atoms with Gasteiger partial charge in [-0.15, -0.1) is 0 Å². The van der Waals surface area contributed by atoms with Gasteiger partial charge in [-0.2, -0.15) is 0 Å². The van der Waals surface area contributed by atoms with E-state index in [4.69, 9.17) is 5.73 Å². The van der Waals surface area contributed by atoms with Crippen molar-refractivity contribution in [2.24, 2.45) is 5.73 Å². The van der Waals surface area contributed by atoms with Gasteiger partial charge in [-0.3, -0.25) is 9.59 Å². The Morgan fingerprint density at radius 1 is 1.00 bits per heavy atom. The number of amides is 2. The molecule has 2 N–H and O–H groups in total. The zero-order valence-electron chi connectivity index (χ0n) is 11.5. The number of primary amides is 1. The number of carbonyl (C=O) groups is 2. The highest BCUT2D eigenvalue weighted by Gasteiger charge is 2.12. The highest BCUT2D eigenvalue weighted by Crippen LogP contribution is 2.12. The number of nitrogens with zero attached hydrogens (tertiary/aromatic N) is 1. The van der Waals surface area contributed by atoms with Crippen LogP contribution in [-0.2, 0) is 6.54 Å². The molecule has 2 amide bonds. The van der Waals surface area contributed by atoms with E-state index in [2.05, 4.69) is 22.6 Å². The number of hydrogen-bond donors (Lipinski definition) is 1. The van der Waals surface area contributed by atoms with Crippen LogP contribution in [0.15, 0.2) is 48.5 Å². The monoisotopic (exact) mass is 394 g/mol. The standard InChI is InChI=1S/C16H15IN2O2/c1-19(16(21)13-6-8-14(17)9-7-13)10-11-2-4-12(5-3-11)15(18)20/h2-9H,10H2,1H3,(H2,18,20). The molecule has 2 rings (SSSR count). The molecule has 0 spiro atoms. The maximum atomic E-state index is 12.3. The molecule has 2 aromatic carbocycles.